The number of alkyl halides is 3. The van der Waals surface area contributed by atoms with Gasteiger partial charge in [0.2, 0.25) is 0 Å². The van der Waals surface area contributed by atoms with Gasteiger partial charge in [-0.05, 0) is 59.7 Å². The SMILES string of the molecule is Fc1ccc(-n2cnc3ccc(-c4c[nH]c5ncc(-c6cccc(OC(F)(F)F)c6)cc45)cc32)cc1Cl. The van der Waals surface area contributed by atoms with Gasteiger partial charge in [0, 0.05) is 34.6 Å². The molecule has 3 aromatic heterocycles. The summed E-state index contributed by atoms with van der Waals surface area (Å²) in [6.45, 7) is 0. The van der Waals surface area contributed by atoms with Crippen LogP contribution in [0.25, 0.3) is 50.0 Å². The Morgan fingerprint density at radius 3 is 2.57 bits per heavy atom. The number of aromatic amines is 1. The number of pyridine rings is 1. The molecule has 0 spiro atoms. The Bertz CT molecular complexity index is 1790. The number of rotatable bonds is 4. The molecule has 0 amide bonds. The summed E-state index contributed by atoms with van der Waals surface area (Å²) in [7, 11) is 0. The highest BCUT2D eigenvalue weighted by Gasteiger charge is 2.31. The van der Waals surface area contributed by atoms with Gasteiger partial charge >= 0.3 is 6.36 Å². The normalized spacial score (nSPS) is 11.9. The monoisotopic (exact) mass is 522 g/mol. The highest BCUT2D eigenvalue weighted by atomic mass is 35.5. The van der Waals surface area contributed by atoms with Crippen LogP contribution >= 0.6 is 11.6 Å². The first-order valence-corrected chi connectivity index (χ1v) is 11.4. The predicted molar refractivity (Wildman–Crippen MR) is 133 cm³/mol. The van der Waals surface area contributed by atoms with Gasteiger partial charge in [0.15, 0.2) is 0 Å². The molecular formula is C27H15ClF4N4O. The molecule has 184 valence electrons. The minimum absolute atomic E-state index is 0.00967. The van der Waals surface area contributed by atoms with E-state index in [9.17, 15) is 17.6 Å². The van der Waals surface area contributed by atoms with Crippen LogP contribution in [0, 0.1) is 5.82 Å². The summed E-state index contributed by atoms with van der Waals surface area (Å²) in [4.78, 5) is 12.0. The van der Waals surface area contributed by atoms with Crippen LogP contribution in [0.1, 0.15) is 0 Å². The second-order valence-corrected chi connectivity index (χ2v) is 8.72. The molecular weight excluding hydrogens is 508 g/mol. The summed E-state index contributed by atoms with van der Waals surface area (Å²) in [5.74, 6) is -0.813. The zero-order valence-electron chi connectivity index (χ0n) is 18.7. The van der Waals surface area contributed by atoms with Crippen molar-refractivity contribution >= 4 is 33.7 Å². The number of aromatic nitrogens is 4. The molecule has 5 nitrogen and oxygen atoms in total. The van der Waals surface area contributed by atoms with Crippen molar-refractivity contribution in [3.05, 3.63) is 96.3 Å². The van der Waals surface area contributed by atoms with Gasteiger partial charge in [-0.15, -0.1) is 13.2 Å². The highest BCUT2D eigenvalue weighted by Crippen LogP contribution is 2.34. The fourth-order valence-corrected chi connectivity index (χ4v) is 4.46. The summed E-state index contributed by atoms with van der Waals surface area (Å²) < 4.78 is 57.6. The van der Waals surface area contributed by atoms with E-state index in [4.69, 9.17) is 11.6 Å². The Labute approximate surface area is 211 Å². The van der Waals surface area contributed by atoms with Gasteiger partial charge in [0.1, 0.15) is 23.5 Å². The van der Waals surface area contributed by atoms with Crippen molar-refractivity contribution in [2.45, 2.75) is 6.36 Å². The van der Waals surface area contributed by atoms with Crippen LogP contribution in [0.3, 0.4) is 0 Å². The molecule has 0 aliphatic heterocycles. The number of hydrogen-bond acceptors (Lipinski definition) is 3. The van der Waals surface area contributed by atoms with Crippen molar-refractivity contribution in [3.63, 3.8) is 0 Å². The lowest BCUT2D eigenvalue weighted by Gasteiger charge is -2.10. The number of imidazole rings is 1. The summed E-state index contributed by atoms with van der Waals surface area (Å²) in [6.07, 6.45) is 0.273. The Balaban J connectivity index is 1.43. The first-order valence-electron chi connectivity index (χ1n) is 11.0. The molecule has 0 radical (unpaired) electrons. The van der Waals surface area contributed by atoms with Crippen LogP contribution in [0.15, 0.2) is 85.5 Å². The van der Waals surface area contributed by atoms with E-state index in [2.05, 4.69) is 19.7 Å². The molecule has 0 unspecified atom stereocenters. The molecule has 0 aliphatic carbocycles. The van der Waals surface area contributed by atoms with E-state index >= 15 is 0 Å². The van der Waals surface area contributed by atoms with Crippen LogP contribution in [0.2, 0.25) is 5.02 Å². The Morgan fingerprint density at radius 1 is 0.892 bits per heavy atom. The van der Waals surface area contributed by atoms with E-state index in [0.717, 1.165) is 27.5 Å². The van der Waals surface area contributed by atoms with Crippen LogP contribution in [0.5, 0.6) is 5.75 Å². The first-order chi connectivity index (χ1) is 17.7. The van der Waals surface area contributed by atoms with Crippen molar-refractivity contribution in [1.29, 1.82) is 0 Å². The number of hydrogen-bond donors (Lipinski definition) is 1. The second kappa shape index (κ2) is 8.63. The number of fused-ring (bicyclic) bond motifs is 2. The quantitative estimate of drug-likeness (QED) is 0.239. The van der Waals surface area contributed by atoms with E-state index in [1.807, 2.05) is 35.0 Å². The Kier molecular flexibility index (Phi) is 5.38. The third kappa shape index (κ3) is 4.38. The molecule has 1 N–H and O–H groups in total. The summed E-state index contributed by atoms with van der Waals surface area (Å²) in [5, 5.41) is 0.797. The van der Waals surface area contributed by atoms with E-state index in [1.54, 1.807) is 24.7 Å². The van der Waals surface area contributed by atoms with Gasteiger partial charge in [-0.1, -0.05) is 29.8 Å². The maximum Gasteiger partial charge on any atom is 0.573 e. The van der Waals surface area contributed by atoms with Crippen molar-refractivity contribution in [1.82, 2.24) is 19.5 Å². The number of halogens is 5. The average molecular weight is 523 g/mol. The smallest absolute Gasteiger partial charge is 0.406 e. The molecule has 0 bridgehead atoms. The number of nitrogens with one attached hydrogen (secondary N) is 1. The van der Waals surface area contributed by atoms with Gasteiger partial charge in [0.25, 0.3) is 0 Å². The first kappa shape index (κ1) is 23.1. The summed E-state index contributed by atoms with van der Waals surface area (Å²) in [6, 6.07) is 17.8. The minimum atomic E-state index is -4.78. The van der Waals surface area contributed by atoms with Gasteiger partial charge < -0.3 is 9.72 Å². The second-order valence-electron chi connectivity index (χ2n) is 8.31. The molecule has 0 fully saturated rings. The van der Waals surface area contributed by atoms with Crippen LogP contribution < -0.4 is 4.74 Å². The third-order valence-electron chi connectivity index (χ3n) is 5.97. The van der Waals surface area contributed by atoms with Crippen molar-refractivity contribution in [3.8, 4) is 33.7 Å². The molecule has 6 aromatic rings. The van der Waals surface area contributed by atoms with E-state index in [-0.39, 0.29) is 10.8 Å². The molecule has 0 saturated carbocycles. The standard InChI is InChI=1S/C27H15ClF4N4O/c28-22-11-18(5-6-23(22)29)36-14-35-24-7-4-16(10-25(24)36)21-13-34-26-20(21)9-17(12-33-26)15-2-1-3-19(8-15)37-27(30,31)32/h1-14H,(H,33,34). The largest absolute Gasteiger partial charge is 0.573 e. The van der Waals surface area contributed by atoms with Crippen molar-refractivity contribution < 1.29 is 22.3 Å². The number of H-pyrrole nitrogens is 1. The average Bonchev–Trinajstić information content (AvgIpc) is 3.48. The molecule has 0 saturated heterocycles. The molecule has 0 atom stereocenters. The number of ether oxygens (including phenoxy) is 1. The van der Waals surface area contributed by atoms with E-state index in [0.29, 0.717) is 22.5 Å². The number of benzene rings is 3. The Hall–Kier alpha value is -4.37. The van der Waals surface area contributed by atoms with Crippen LogP contribution in [-0.2, 0) is 0 Å². The van der Waals surface area contributed by atoms with E-state index < -0.39 is 12.2 Å². The highest BCUT2D eigenvalue weighted by molar-refractivity contribution is 6.30. The summed E-state index contributed by atoms with van der Waals surface area (Å²) >= 11 is 5.98. The maximum absolute atomic E-state index is 13.7. The lowest BCUT2D eigenvalue weighted by molar-refractivity contribution is -0.274. The predicted octanol–water partition coefficient (Wildman–Crippen LogP) is 7.93. The fourth-order valence-electron chi connectivity index (χ4n) is 4.29. The maximum atomic E-state index is 13.7. The van der Waals surface area contributed by atoms with Gasteiger partial charge in [-0.2, -0.15) is 0 Å². The van der Waals surface area contributed by atoms with Gasteiger partial charge in [0.05, 0.1) is 16.1 Å². The lowest BCUT2D eigenvalue weighted by Crippen LogP contribution is -2.17. The molecule has 0 aliphatic rings. The van der Waals surface area contributed by atoms with Gasteiger partial charge in [-0.25, -0.2) is 14.4 Å². The van der Waals surface area contributed by atoms with Gasteiger partial charge in [-0.3, -0.25) is 4.57 Å². The molecule has 3 aromatic carbocycles. The van der Waals surface area contributed by atoms with Crippen molar-refractivity contribution in [2.75, 3.05) is 0 Å². The topological polar surface area (TPSA) is 55.7 Å². The summed E-state index contributed by atoms with van der Waals surface area (Å²) in [5.41, 5.74) is 5.69. The zero-order valence-corrected chi connectivity index (χ0v) is 19.5. The Morgan fingerprint density at radius 2 is 1.76 bits per heavy atom. The number of nitrogens with zero attached hydrogens (tertiary/aromatic N) is 3. The molecule has 10 heteroatoms. The van der Waals surface area contributed by atoms with Crippen molar-refractivity contribution in [2.24, 2.45) is 0 Å². The molecule has 37 heavy (non-hydrogen) atoms. The fraction of sp³-hybridized carbons (Fsp3) is 0.0370. The van der Waals surface area contributed by atoms with E-state index in [1.165, 1.54) is 30.3 Å². The molecule has 6 rings (SSSR count). The lowest BCUT2D eigenvalue weighted by atomic mass is 10.0. The minimum Gasteiger partial charge on any atom is -0.406 e. The van der Waals surface area contributed by atoms with Crippen LogP contribution in [-0.4, -0.2) is 25.9 Å². The van der Waals surface area contributed by atoms with Crippen LogP contribution in [0.4, 0.5) is 17.6 Å². The molecule has 3 heterocycles. The zero-order chi connectivity index (χ0) is 25.7. The third-order valence-corrected chi connectivity index (χ3v) is 6.26.